The summed E-state index contributed by atoms with van der Waals surface area (Å²) in [5, 5.41) is 9.72. The molecule has 0 fully saturated rings. The summed E-state index contributed by atoms with van der Waals surface area (Å²) in [6.07, 6.45) is 2.04. The lowest BCUT2D eigenvalue weighted by atomic mass is 10.1. The van der Waals surface area contributed by atoms with Crippen molar-refractivity contribution in [3.05, 3.63) is 57.5 Å². The first-order valence-electron chi connectivity index (χ1n) is 6.37. The number of nitrogens with zero attached hydrogens (tertiary/aromatic N) is 2. The molecular weight excluding hydrogens is 292 g/mol. The molecule has 0 amide bonds. The van der Waals surface area contributed by atoms with Gasteiger partial charge in [0, 0.05) is 17.6 Å². The summed E-state index contributed by atoms with van der Waals surface area (Å²) in [5.41, 5.74) is 1.64. The molecule has 0 aliphatic heterocycles. The van der Waals surface area contributed by atoms with Gasteiger partial charge < -0.3 is 5.11 Å². The van der Waals surface area contributed by atoms with E-state index in [1.54, 1.807) is 36.5 Å². The quantitative estimate of drug-likeness (QED) is 0.755. The Hall–Kier alpha value is -2.40. The third-order valence-electron chi connectivity index (χ3n) is 3.26. The van der Waals surface area contributed by atoms with Crippen molar-refractivity contribution < 1.29 is 9.90 Å². The number of carboxylic acid groups (broad SMARTS) is 1. The molecule has 5 nitrogen and oxygen atoms in total. The zero-order valence-corrected chi connectivity index (χ0v) is 11.7. The van der Waals surface area contributed by atoms with Crippen LogP contribution in [0.3, 0.4) is 0 Å². The third-order valence-corrected chi connectivity index (χ3v) is 3.49. The van der Waals surface area contributed by atoms with E-state index in [-0.39, 0.29) is 12.0 Å². The minimum Gasteiger partial charge on any atom is -0.481 e. The molecule has 0 atom stereocenters. The number of aliphatic carboxylic acids is 1. The molecule has 0 aliphatic carbocycles. The second-order valence-corrected chi connectivity index (χ2v) is 5.17. The summed E-state index contributed by atoms with van der Waals surface area (Å²) in [7, 11) is 0. The minimum atomic E-state index is -0.867. The highest BCUT2D eigenvalue weighted by Gasteiger charge is 2.07. The van der Waals surface area contributed by atoms with Crippen molar-refractivity contribution in [1.82, 2.24) is 9.38 Å². The van der Waals surface area contributed by atoms with Crippen molar-refractivity contribution >= 4 is 34.1 Å². The van der Waals surface area contributed by atoms with Crippen LogP contribution in [0.2, 0.25) is 5.02 Å². The van der Waals surface area contributed by atoms with Crippen LogP contribution in [0.1, 0.15) is 12.0 Å². The highest BCUT2D eigenvalue weighted by atomic mass is 35.5. The molecule has 6 heteroatoms. The number of pyridine rings is 1. The molecule has 0 unspecified atom stereocenters. The van der Waals surface area contributed by atoms with Crippen LogP contribution in [0.4, 0.5) is 0 Å². The molecule has 106 valence electrons. The molecule has 21 heavy (non-hydrogen) atoms. The maximum absolute atomic E-state index is 12.5. The monoisotopic (exact) mass is 302 g/mol. The molecule has 1 aromatic carbocycles. The van der Waals surface area contributed by atoms with Crippen LogP contribution in [-0.4, -0.2) is 20.5 Å². The SMILES string of the molecule is O=C(O)CCc1ccc2nc3cc(Cl)ccc3c(=O)n2c1. The summed E-state index contributed by atoms with van der Waals surface area (Å²) in [4.78, 5) is 27.5. The number of fused-ring (bicyclic) bond motifs is 2. The standard InChI is InChI=1S/C15H11ClN2O3/c16-10-3-4-11-12(7-10)17-13-5-1-9(2-6-14(19)20)8-18(13)15(11)21/h1,3-5,7-8H,2,6H2,(H,19,20). The Balaban J connectivity index is 2.19. The van der Waals surface area contributed by atoms with Crippen LogP contribution in [0, 0.1) is 0 Å². The summed E-state index contributed by atoms with van der Waals surface area (Å²) in [6.45, 7) is 0. The van der Waals surface area contributed by atoms with Crippen LogP contribution in [-0.2, 0) is 11.2 Å². The largest absolute Gasteiger partial charge is 0.481 e. The first kappa shape index (κ1) is 13.6. The second-order valence-electron chi connectivity index (χ2n) is 4.74. The zero-order valence-electron chi connectivity index (χ0n) is 10.9. The van der Waals surface area contributed by atoms with Crippen molar-refractivity contribution in [1.29, 1.82) is 0 Å². The van der Waals surface area contributed by atoms with E-state index >= 15 is 0 Å². The summed E-state index contributed by atoms with van der Waals surface area (Å²) >= 11 is 5.91. The molecule has 2 aromatic heterocycles. The van der Waals surface area contributed by atoms with Crippen LogP contribution in [0.15, 0.2) is 41.3 Å². The smallest absolute Gasteiger partial charge is 0.303 e. The van der Waals surface area contributed by atoms with E-state index in [1.807, 2.05) is 0 Å². The van der Waals surface area contributed by atoms with Crippen LogP contribution in [0.25, 0.3) is 16.6 Å². The van der Waals surface area contributed by atoms with Gasteiger partial charge in [0.2, 0.25) is 0 Å². The van der Waals surface area contributed by atoms with Crippen molar-refractivity contribution in [2.24, 2.45) is 0 Å². The van der Waals surface area contributed by atoms with Gasteiger partial charge in [0.25, 0.3) is 5.56 Å². The molecule has 3 aromatic rings. The maximum atomic E-state index is 12.5. The summed E-state index contributed by atoms with van der Waals surface area (Å²) in [6, 6.07) is 8.42. The fourth-order valence-electron chi connectivity index (χ4n) is 2.22. The number of halogens is 1. The average Bonchev–Trinajstić information content (AvgIpc) is 2.45. The van der Waals surface area contributed by atoms with Gasteiger partial charge in [-0.3, -0.25) is 14.0 Å². The van der Waals surface area contributed by atoms with E-state index in [9.17, 15) is 9.59 Å². The predicted octanol–water partition coefficient (Wildman–Crippen LogP) is 2.52. The Morgan fingerprint density at radius 3 is 2.86 bits per heavy atom. The Morgan fingerprint density at radius 1 is 1.29 bits per heavy atom. The van der Waals surface area contributed by atoms with Crippen molar-refractivity contribution in [3.63, 3.8) is 0 Å². The Morgan fingerprint density at radius 2 is 2.10 bits per heavy atom. The van der Waals surface area contributed by atoms with Gasteiger partial charge in [0.1, 0.15) is 5.65 Å². The number of aryl methyl sites for hydroxylation is 1. The fourth-order valence-corrected chi connectivity index (χ4v) is 2.39. The van der Waals surface area contributed by atoms with E-state index < -0.39 is 5.97 Å². The molecule has 0 radical (unpaired) electrons. The predicted molar refractivity (Wildman–Crippen MR) is 79.9 cm³/mol. The molecule has 0 spiro atoms. The van der Waals surface area contributed by atoms with Gasteiger partial charge in [-0.2, -0.15) is 0 Å². The van der Waals surface area contributed by atoms with Crippen LogP contribution in [0.5, 0.6) is 0 Å². The maximum Gasteiger partial charge on any atom is 0.303 e. The first-order chi connectivity index (χ1) is 10.0. The topological polar surface area (TPSA) is 71.7 Å². The number of aromatic nitrogens is 2. The molecule has 1 N–H and O–H groups in total. The lowest BCUT2D eigenvalue weighted by molar-refractivity contribution is -0.136. The van der Waals surface area contributed by atoms with E-state index in [0.717, 1.165) is 5.56 Å². The van der Waals surface area contributed by atoms with Crippen LogP contribution >= 0.6 is 11.6 Å². The summed E-state index contributed by atoms with van der Waals surface area (Å²) in [5.74, 6) is -0.867. The van der Waals surface area contributed by atoms with Crippen molar-refractivity contribution in [3.8, 4) is 0 Å². The van der Waals surface area contributed by atoms with Gasteiger partial charge >= 0.3 is 5.97 Å². The number of carbonyl (C=O) groups is 1. The molecule has 2 heterocycles. The van der Waals surface area contributed by atoms with Gasteiger partial charge in [-0.25, -0.2) is 4.98 Å². The molecule has 0 saturated carbocycles. The van der Waals surface area contributed by atoms with E-state index in [2.05, 4.69) is 4.98 Å². The lowest BCUT2D eigenvalue weighted by Gasteiger charge is -2.06. The Kier molecular flexibility index (Phi) is 3.35. The van der Waals surface area contributed by atoms with Crippen LogP contribution < -0.4 is 5.56 Å². The molecule has 0 aliphatic rings. The van der Waals surface area contributed by atoms with Crippen molar-refractivity contribution in [2.45, 2.75) is 12.8 Å². The highest BCUT2D eigenvalue weighted by molar-refractivity contribution is 6.31. The Labute approximate surface area is 124 Å². The van der Waals surface area contributed by atoms with E-state index in [0.29, 0.717) is 28.0 Å². The van der Waals surface area contributed by atoms with Gasteiger partial charge in [-0.05, 0) is 36.2 Å². The highest BCUT2D eigenvalue weighted by Crippen LogP contribution is 2.16. The minimum absolute atomic E-state index is 0.0247. The van der Waals surface area contributed by atoms with Crippen molar-refractivity contribution in [2.75, 3.05) is 0 Å². The number of carboxylic acids is 1. The first-order valence-corrected chi connectivity index (χ1v) is 6.75. The number of hydrogen-bond acceptors (Lipinski definition) is 3. The molecule has 0 saturated heterocycles. The number of benzene rings is 1. The molecule has 0 bridgehead atoms. The third kappa shape index (κ3) is 2.60. The molecular formula is C15H11ClN2O3. The van der Waals surface area contributed by atoms with Gasteiger partial charge in [-0.15, -0.1) is 0 Å². The van der Waals surface area contributed by atoms with E-state index in [1.165, 1.54) is 4.40 Å². The number of rotatable bonds is 3. The normalized spacial score (nSPS) is 11.1. The van der Waals surface area contributed by atoms with Gasteiger partial charge in [0.15, 0.2) is 0 Å². The Bertz CT molecular complexity index is 918. The van der Waals surface area contributed by atoms with Gasteiger partial charge in [0.05, 0.1) is 10.9 Å². The molecule has 3 rings (SSSR count). The fraction of sp³-hybridized carbons (Fsp3) is 0.133. The van der Waals surface area contributed by atoms with Gasteiger partial charge in [-0.1, -0.05) is 17.7 Å². The zero-order chi connectivity index (χ0) is 15.0. The second kappa shape index (κ2) is 5.18. The van der Waals surface area contributed by atoms with E-state index in [4.69, 9.17) is 16.7 Å². The lowest BCUT2D eigenvalue weighted by Crippen LogP contribution is -2.15. The average molecular weight is 303 g/mol. The summed E-state index contributed by atoms with van der Waals surface area (Å²) < 4.78 is 1.44. The number of hydrogen-bond donors (Lipinski definition) is 1.